The molecule has 0 bridgehead atoms. The van der Waals surface area contributed by atoms with Gasteiger partial charge in [0, 0.05) is 22.2 Å². The molecule has 1 fully saturated rings. The molecule has 4 aromatic carbocycles. The Hall–Kier alpha value is -4.43. The highest BCUT2D eigenvalue weighted by Crippen LogP contribution is 2.50. The molecular formula is C30H27N3O5. The SMILES string of the molecule is COc1cc([C@@H]2[C@H](C)N[C@]3(C(=O)Nc4ccccc43)[C@@H]2[N+](=O)[O-])ccc1OCc1cccc2ccccc12. The quantitative estimate of drug-likeness (QED) is 0.280. The monoisotopic (exact) mass is 509 g/mol. The first kappa shape index (κ1) is 23.9. The van der Waals surface area contributed by atoms with Gasteiger partial charge in [-0.15, -0.1) is 0 Å². The number of amides is 1. The van der Waals surface area contributed by atoms with E-state index in [0.717, 1.165) is 16.3 Å². The fourth-order valence-corrected chi connectivity index (χ4v) is 6.14. The highest BCUT2D eigenvalue weighted by Gasteiger charge is 2.67. The molecule has 38 heavy (non-hydrogen) atoms. The van der Waals surface area contributed by atoms with Crippen LogP contribution in [-0.2, 0) is 16.9 Å². The van der Waals surface area contributed by atoms with Crippen LogP contribution in [0, 0.1) is 10.1 Å². The molecular weight excluding hydrogens is 482 g/mol. The van der Waals surface area contributed by atoms with Crippen molar-refractivity contribution < 1.29 is 19.2 Å². The van der Waals surface area contributed by atoms with Crippen molar-refractivity contribution in [1.82, 2.24) is 5.32 Å². The summed E-state index contributed by atoms with van der Waals surface area (Å²) in [6.45, 7) is 2.22. The fraction of sp³-hybridized carbons (Fsp3) is 0.233. The number of nitrogens with zero attached hydrogens (tertiary/aromatic N) is 1. The summed E-state index contributed by atoms with van der Waals surface area (Å²) in [5.74, 6) is 0.0352. The van der Waals surface area contributed by atoms with Gasteiger partial charge in [-0.05, 0) is 47.0 Å². The number of methoxy groups -OCH3 is 1. The lowest BCUT2D eigenvalue weighted by atomic mass is 9.78. The highest BCUT2D eigenvalue weighted by atomic mass is 16.6. The van der Waals surface area contributed by atoms with Crippen molar-refractivity contribution in [1.29, 1.82) is 0 Å². The van der Waals surface area contributed by atoms with Crippen LogP contribution in [0.15, 0.2) is 84.9 Å². The van der Waals surface area contributed by atoms with Crippen molar-refractivity contribution in [3.8, 4) is 11.5 Å². The number of carbonyl (C=O) groups excluding carboxylic acids is 1. The fourth-order valence-electron chi connectivity index (χ4n) is 6.14. The van der Waals surface area contributed by atoms with Crippen LogP contribution in [0.2, 0.25) is 0 Å². The number of hydrogen-bond acceptors (Lipinski definition) is 6. The third kappa shape index (κ3) is 3.60. The first-order valence-corrected chi connectivity index (χ1v) is 12.5. The summed E-state index contributed by atoms with van der Waals surface area (Å²) in [5, 5.41) is 21.0. The molecule has 0 unspecified atom stereocenters. The van der Waals surface area contributed by atoms with Crippen LogP contribution >= 0.6 is 0 Å². The number of anilines is 1. The van der Waals surface area contributed by atoms with Crippen molar-refractivity contribution in [3.63, 3.8) is 0 Å². The topological polar surface area (TPSA) is 103 Å². The van der Waals surface area contributed by atoms with Gasteiger partial charge in [-0.1, -0.05) is 66.7 Å². The lowest BCUT2D eigenvalue weighted by Crippen LogP contribution is -2.54. The molecule has 2 aliphatic rings. The second-order valence-corrected chi connectivity index (χ2v) is 9.83. The number of nitro groups is 1. The van der Waals surface area contributed by atoms with Gasteiger partial charge in [0.05, 0.1) is 13.0 Å². The Morgan fingerprint density at radius 2 is 1.74 bits per heavy atom. The molecule has 0 aromatic heterocycles. The molecule has 4 atom stereocenters. The second kappa shape index (κ2) is 9.15. The summed E-state index contributed by atoms with van der Waals surface area (Å²) in [6.07, 6.45) is 0. The summed E-state index contributed by atoms with van der Waals surface area (Å²) in [7, 11) is 1.55. The van der Waals surface area contributed by atoms with Crippen LogP contribution in [-0.4, -0.2) is 30.0 Å². The Morgan fingerprint density at radius 3 is 2.55 bits per heavy atom. The molecule has 8 nitrogen and oxygen atoms in total. The first-order chi connectivity index (χ1) is 18.4. The zero-order valence-corrected chi connectivity index (χ0v) is 21.0. The maximum Gasteiger partial charge on any atom is 0.256 e. The molecule has 192 valence electrons. The number of hydrogen-bond donors (Lipinski definition) is 2. The summed E-state index contributed by atoms with van der Waals surface area (Å²) >= 11 is 0. The van der Waals surface area contributed by atoms with E-state index >= 15 is 0 Å². The van der Waals surface area contributed by atoms with Crippen LogP contribution < -0.4 is 20.1 Å². The van der Waals surface area contributed by atoms with Gasteiger partial charge in [-0.3, -0.25) is 20.2 Å². The Kier molecular flexibility index (Phi) is 5.76. The van der Waals surface area contributed by atoms with E-state index in [1.165, 1.54) is 0 Å². The molecule has 2 heterocycles. The average molecular weight is 510 g/mol. The van der Waals surface area contributed by atoms with E-state index in [1.807, 2.05) is 37.3 Å². The molecule has 2 aliphatic heterocycles. The number of nitrogens with one attached hydrogen (secondary N) is 2. The summed E-state index contributed by atoms with van der Waals surface area (Å²) in [5.41, 5.74) is 1.49. The zero-order chi connectivity index (χ0) is 26.4. The molecule has 0 aliphatic carbocycles. The van der Waals surface area contributed by atoms with Crippen molar-refractivity contribution in [2.24, 2.45) is 0 Å². The van der Waals surface area contributed by atoms with Gasteiger partial charge >= 0.3 is 0 Å². The summed E-state index contributed by atoms with van der Waals surface area (Å²) < 4.78 is 11.8. The number of para-hydroxylation sites is 1. The van der Waals surface area contributed by atoms with E-state index in [9.17, 15) is 14.9 Å². The number of fused-ring (bicyclic) bond motifs is 3. The molecule has 1 spiro atoms. The molecule has 6 rings (SSSR count). The third-order valence-electron chi connectivity index (χ3n) is 7.80. The van der Waals surface area contributed by atoms with Gasteiger partial charge in [-0.2, -0.15) is 0 Å². The van der Waals surface area contributed by atoms with Crippen LogP contribution in [0.5, 0.6) is 11.5 Å². The smallest absolute Gasteiger partial charge is 0.256 e. The number of carbonyl (C=O) groups is 1. The highest BCUT2D eigenvalue weighted by molar-refractivity contribution is 6.07. The van der Waals surface area contributed by atoms with Gasteiger partial charge in [-0.25, -0.2) is 0 Å². The predicted molar refractivity (Wildman–Crippen MR) is 144 cm³/mol. The maximum absolute atomic E-state index is 13.3. The minimum Gasteiger partial charge on any atom is -0.493 e. The predicted octanol–water partition coefficient (Wildman–Crippen LogP) is 5.00. The van der Waals surface area contributed by atoms with E-state index in [-0.39, 0.29) is 11.0 Å². The molecule has 0 radical (unpaired) electrons. The van der Waals surface area contributed by atoms with Gasteiger partial charge in [0.25, 0.3) is 11.9 Å². The van der Waals surface area contributed by atoms with Crippen LogP contribution in [0.1, 0.15) is 29.5 Å². The Bertz CT molecular complexity index is 1570. The summed E-state index contributed by atoms with van der Waals surface area (Å²) in [4.78, 5) is 25.5. The van der Waals surface area contributed by atoms with Crippen molar-refractivity contribution in [2.75, 3.05) is 12.4 Å². The third-order valence-corrected chi connectivity index (χ3v) is 7.80. The van der Waals surface area contributed by atoms with E-state index in [0.29, 0.717) is 34.9 Å². The van der Waals surface area contributed by atoms with Gasteiger partial charge in [0.2, 0.25) is 0 Å². The largest absolute Gasteiger partial charge is 0.493 e. The molecule has 4 aromatic rings. The Labute approximate surface area is 219 Å². The van der Waals surface area contributed by atoms with Crippen LogP contribution in [0.4, 0.5) is 5.69 Å². The van der Waals surface area contributed by atoms with Crippen LogP contribution in [0.3, 0.4) is 0 Å². The standard InChI is InChI=1S/C30H27N3O5/c1-18-27(28(33(35)36)30(32-18)23-12-5-6-13-24(23)31-29(30)34)20-14-15-25(26(16-20)37-2)38-17-21-10-7-9-19-8-3-4-11-22(19)21/h3-16,18,27-28,32H,17H2,1-2H3,(H,31,34)/t18-,27-,28+,30-/m0/s1. The number of rotatable bonds is 6. The Morgan fingerprint density at radius 1 is 0.974 bits per heavy atom. The number of ether oxygens (including phenoxy) is 2. The zero-order valence-electron chi connectivity index (χ0n) is 21.0. The maximum atomic E-state index is 13.3. The van der Waals surface area contributed by atoms with Crippen molar-refractivity contribution >= 4 is 22.4 Å². The molecule has 1 amide bonds. The summed E-state index contributed by atoms with van der Waals surface area (Å²) in [6, 6.07) is 25.2. The van der Waals surface area contributed by atoms with E-state index < -0.39 is 23.4 Å². The van der Waals surface area contributed by atoms with Crippen LogP contribution in [0.25, 0.3) is 10.8 Å². The lowest BCUT2D eigenvalue weighted by molar-refractivity contribution is -0.532. The van der Waals surface area contributed by atoms with Crippen molar-refractivity contribution in [2.45, 2.75) is 37.1 Å². The average Bonchev–Trinajstić information content (AvgIpc) is 3.40. The molecule has 1 saturated heterocycles. The van der Waals surface area contributed by atoms with E-state index in [2.05, 4.69) is 28.8 Å². The normalized spacial score (nSPS) is 23.8. The first-order valence-electron chi connectivity index (χ1n) is 12.5. The minimum absolute atomic E-state index is 0.333. The van der Waals surface area contributed by atoms with Gasteiger partial charge in [0.15, 0.2) is 17.0 Å². The molecule has 8 heteroatoms. The van der Waals surface area contributed by atoms with Crippen molar-refractivity contribution in [3.05, 3.63) is 112 Å². The number of benzene rings is 4. The minimum atomic E-state index is -1.46. The second-order valence-electron chi connectivity index (χ2n) is 9.83. The van der Waals surface area contributed by atoms with E-state index in [4.69, 9.17) is 9.47 Å². The Balaban J connectivity index is 1.33. The molecule has 2 N–H and O–H groups in total. The lowest BCUT2D eigenvalue weighted by Gasteiger charge is -2.25. The molecule has 0 saturated carbocycles. The van der Waals surface area contributed by atoms with Gasteiger partial charge < -0.3 is 14.8 Å². The van der Waals surface area contributed by atoms with E-state index in [1.54, 1.807) is 43.5 Å². The van der Waals surface area contributed by atoms with Gasteiger partial charge in [0.1, 0.15) is 6.61 Å².